The maximum absolute atomic E-state index is 13.0. The van der Waals surface area contributed by atoms with Gasteiger partial charge in [-0.15, -0.1) is 0 Å². The molecule has 2 heterocycles. The second-order valence-electron chi connectivity index (χ2n) is 8.27. The third-order valence-corrected chi connectivity index (χ3v) is 6.16. The molecular weight excluding hydrogens is 450 g/mol. The number of carbonyl (C=O) groups is 2. The molecule has 1 aliphatic rings. The minimum atomic E-state index is -0.128. The molecule has 0 N–H and O–H groups in total. The fraction of sp³-hybridized carbons (Fsp3) is 0.346. The van der Waals surface area contributed by atoms with Crippen LogP contribution in [0.3, 0.4) is 0 Å². The number of hydrogen-bond acceptors (Lipinski definition) is 7. The number of ether oxygens (including phenoxy) is 3. The van der Waals surface area contributed by atoms with Gasteiger partial charge in [-0.25, -0.2) is 0 Å². The normalized spacial score (nSPS) is 13.5. The molecule has 0 unspecified atom stereocenters. The number of nitrogens with zero attached hydrogens (tertiary/aromatic N) is 3. The fourth-order valence-corrected chi connectivity index (χ4v) is 4.00. The van der Waals surface area contributed by atoms with Crippen molar-refractivity contribution < 1.29 is 28.3 Å². The van der Waals surface area contributed by atoms with Gasteiger partial charge in [-0.3, -0.25) is 9.59 Å². The van der Waals surface area contributed by atoms with Crippen LogP contribution < -0.4 is 14.2 Å². The van der Waals surface area contributed by atoms with Gasteiger partial charge in [0, 0.05) is 37.8 Å². The first-order chi connectivity index (χ1) is 16.9. The van der Waals surface area contributed by atoms with Crippen LogP contribution in [0.1, 0.15) is 37.7 Å². The summed E-state index contributed by atoms with van der Waals surface area (Å²) in [6, 6.07) is 12.2. The first-order valence-corrected chi connectivity index (χ1v) is 11.4. The van der Waals surface area contributed by atoms with Crippen molar-refractivity contribution in [2.24, 2.45) is 0 Å². The van der Waals surface area contributed by atoms with Gasteiger partial charge in [-0.05, 0) is 50.2 Å². The fourth-order valence-electron chi connectivity index (χ4n) is 4.00. The molecule has 4 rings (SSSR count). The monoisotopic (exact) mass is 479 g/mol. The number of aromatic nitrogens is 1. The molecule has 1 aliphatic heterocycles. The molecule has 1 aromatic heterocycles. The number of piperazine rings is 1. The van der Waals surface area contributed by atoms with Gasteiger partial charge >= 0.3 is 0 Å². The van der Waals surface area contributed by atoms with Crippen LogP contribution >= 0.6 is 0 Å². The molecule has 0 saturated carbocycles. The van der Waals surface area contributed by atoms with E-state index in [0.29, 0.717) is 61.2 Å². The van der Waals surface area contributed by atoms with E-state index in [9.17, 15) is 9.59 Å². The van der Waals surface area contributed by atoms with E-state index in [1.54, 1.807) is 59.4 Å². The highest BCUT2D eigenvalue weighted by molar-refractivity contribution is 5.98. The second-order valence-corrected chi connectivity index (χ2v) is 8.27. The summed E-state index contributed by atoms with van der Waals surface area (Å²) >= 11 is 0. The molecular formula is C26H29N3O6. The summed E-state index contributed by atoms with van der Waals surface area (Å²) in [5, 5.41) is 3.93. The first kappa shape index (κ1) is 24.1. The van der Waals surface area contributed by atoms with E-state index in [4.69, 9.17) is 18.7 Å². The van der Waals surface area contributed by atoms with Crippen LogP contribution in [-0.2, 0) is 6.61 Å². The second kappa shape index (κ2) is 10.5. The van der Waals surface area contributed by atoms with Gasteiger partial charge in [-0.1, -0.05) is 5.16 Å². The van der Waals surface area contributed by atoms with Crippen LogP contribution in [0.2, 0.25) is 0 Å². The molecule has 184 valence electrons. The van der Waals surface area contributed by atoms with Crippen LogP contribution in [0.15, 0.2) is 47.0 Å². The van der Waals surface area contributed by atoms with E-state index in [1.807, 2.05) is 13.8 Å². The minimum absolute atomic E-state index is 0.0728. The SMILES string of the molecule is COc1ccc(C(=O)N2CCN(C(=O)c3ccc(OCc4c(C)noc4C)cc3)CC2)c(OC)c1. The Kier molecular flexibility index (Phi) is 7.24. The topological polar surface area (TPSA) is 94.3 Å². The van der Waals surface area contributed by atoms with Crippen LogP contribution in [0.4, 0.5) is 0 Å². The lowest BCUT2D eigenvalue weighted by Gasteiger charge is -2.35. The molecule has 9 heteroatoms. The lowest BCUT2D eigenvalue weighted by atomic mass is 10.1. The number of benzene rings is 2. The van der Waals surface area contributed by atoms with Gasteiger partial charge in [0.15, 0.2) is 0 Å². The Balaban J connectivity index is 1.33. The standard InChI is InChI=1S/C26H29N3O6/c1-17-23(18(2)35-27-17)16-34-20-7-5-19(6-8-20)25(30)28-11-13-29(14-12-28)26(31)22-10-9-21(32-3)15-24(22)33-4/h5-10,15H,11-14,16H2,1-4H3. The summed E-state index contributed by atoms with van der Waals surface area (Å²) in [7, 11) is 3.09. The lowest BCUT2D eigenvalue weighted by molar-refractivity contribution is 0.0533. The van der Waals surface area contributed by atoms with Gasteiger partial charge in [0.05, 0.1) is 31.0 Å². The summed E-state index contributed by atoms with van der Waals surface area (Å²) in [5.41, 5.74) is 2.77. The molecule has 3 aromatic rings. The van der Waals surface area contributed by atoms with E-state index in [0.717, 1.165) is 17.0 Å². The number of hydrogen-bond donors (Lipinski definition) is 0. The summed E-state index contributed by atoms with van der Waals surface area (Å²) in [5.74, 6) is 2.27. The van der Waals surface area contributed by atoms with E-state index < -0.39 is 0 Å². The molecule has 1 fully saturated rings. The van der Waals surface area contributed by atoms with E-state index in [1.165, 1.54) is 7.11 Å². The molecule has 1 saturated heterocycles. The quantitative estimate of drug-likeness (QED) is 0.512. The highest BCUT2D eigenvalue weighted by Crippen LogP contribution is 2.26. The van der Waals surface area contributed by atoms with Crippen LogP contribution in [0.25, 0.3) is 0 Å². The third-order valence-electron chi connectivity index (χ3n) is 6.16. The minimum Gasteiger partial charge on any atom is -0.497 e. The van der Waals surface area contributed by atoms with Gasteiger partial charge < -0.3 is 28.5 Å². The van der Waals surface area contributed by atoms with Crippen molar-refractivity contribution >= 4 is 11.8 Å². The van der Waals surface area contributed by atoms with Crippen molar-refractivity contribution in [3.8, 4) is 17.2 Å². The van der Waals surface area contributed by atoms with Crippen molar-refractivity contribution in [1.29, 1.82) is 0 Å². The number of amides is 2. The molecule has 2 amide bonds. The third kappa shape index (κ3) is 5.24. The Hall–Kier alpha value is -4.01. The Morgan fingerprint density at radius 3 is 2.09 bits per heavy atom. The van der Waals surface area contributed by atoms with Crippen molar-refractivity contribution in [3.63, 3.8) is 0 Å². The van der Waals surface area contributed by atoms with Gasteiger partial charge in [0.2, 0.25) is 0 Å². The molecule has 2 aromatic carbocycles. The Bertz CT molecular complexity index is 1180. The molecule has 0 atom stereocenters. The van der Waals surface area contributed by atoms with E-state index in [2.05, 4.69) is 5.16 Å². The van der Waals surface area contributed by atoms with Gasteiger partial charge in [-0.2, -0.15) is 0 Å². The maximum Gasteiger partial charge on any atom is 0.257 e. The zero-order valence-corrected chi connectivity index (χ0v) is 20.4. The Labute approximate surface area is 204 Å². The van der Waals surface area contributed by atoms with Crippen molar-refractivity contribution in [2.75, 3.05) is 40.4 Å². The predicted octanol–water partition coefficient (Wildman–Crippen LogP) is 3.49. The molecule has 35 heavy (non-hydrogen) atoms. The van der Waals surface area contributed by atoms with Crippen molar-refractivity contribution in [2.45, 2.75) is 20.5 Å². The van der Waals surface area contributed by atoms with Crippen LogP contribution in [0.5, 0.6) is 17.2 Å². The highest BCUT2D eigenvalue weighted by atomic mass is 16.5. The summed E-state index contributed by atoms with van der Waals surface area (Å²) in [6.07, 6.45) is 0. The lowest BCUT2D eigenvalue weighted by Crippen LogP contribution is -2.50. The zero-order chi connectivity index (χ0) is 24.9. The van der Waals surface area contributed by atoms with Gasteiger partial charge in [0.25, 0.3) is 11.8 Å². The maximum atomic E-state index is 13.0. The molecule has 9 nitrogen and oxygen atoms in total. The van der Waals surface area contributed by atoms with Crippen molar-refractivity contribution in [1.82, 2.24) is 15.0 Å². The van der Waals surface area contributed by atoms with Gasteiger partial charge in [0.1, 0.15) is 29.6 Å². The number of methoxy groups -OCH3 is 2. The largest absolute Gasteiger partial charge is 0.497 e. The summed E-state index contributed by atoms with van der Waals surface area (Å²) in [4.78, 5) is 29.5. The van der Waals surface area contributed by atoms with E-state index in [-0.39, 0.29) is 11.8 Å². The smallest absolute Gasteiger partial charge is 0.257 e. The number of aryl methyl sites for hydroxylation is 2. The Morgan fingerprint density at radius 2 is 1.51 bits per heavy atom. The number of rotatable bonds is 7. The molecule has 0 aliphatic carbocycles. The van der Waals surface area contributed by atoms with Crippen LogP contribution in [0, 0.1) is 13.8 Å². The Morgan fingerprint density at radius 1 is 0.886 bits per heavy atom. The summed E-state index contributed by atoms with van der Waals surface area (Å²) in [6.45, 7) is 5.86. The summed E-state index contributed by atoms with van der Waals surface area (Å²) < 4.78 is 21.5. The molecule has 0 spiro atoms. The molecule has 0 radical (unpaired) electrons. The average molecular weight is 480 g/mol. The first-order valence-electron chi connectivity index (χ1n) is 11.4. The average Bonchev–Trinajstić information content (AvgIpc) is 3.23. The number of carbonyl (C=O) groups excluding carboxylic acids is 2. The van der Waals surface area contributed by atoms with Crippen LogP contribution in [-0.4, -0.2) is 67.2 Å². The van der Waals surface area contributed by atoms with E-state index >= 15 is 0 Å². The highest BCUT2D eigenvalue weighted by Gasteiger charge is 2.27. The zero-order valence-electron chi connectivity index (χ0n) is 20.4. The predicted molar refractivity (Wildman–Crippen MR) is 128 cm³/mol. The van der Waals surface area contributed by atoms with Crippen molar-refractivity contribution in [3.05, 3.63) is 70.6 Å². The molecule has 0 bridgehead atoms.